The molecule has 3 rings (SSSR count). The normalized spacial score (nSPS) is 14.2. The van der Waals surface area contributed by atoms with Crippen molar-refractivity contribution >= 4 is 17.3 Å². The summed E-state index contributed by atoms with van der Waals surface area (Å²) in [4.78, 5) is 30.4. The smallest absolute Gasteiger partial charge is 0.269 e. The number of anilines is 1. The maximum atomic E-state index is 12.3. The summed E-state index contributed by atoms with van der Waals surface area (Å²) in [6, 6.07) is 9.60. The molecule has 2 heterocycles. The number of hydrogen-bond donors (Lipinski definition) is 0. The Kier molecular flexibility index (Phi) is 5.08. The van der Waals surface area contributed by atoms with Gasteiger partial charge in [-0.25, -0.2) is 0 Å². The van der Waals surface area contributed by atoms with Crippen LogP contribution >= 0.6 is 0 Å². The second kappa shape index (κ2) is 7.61. The molecule has 1 fully saturated rings. The molecule has 0 saturated carbocycles. The number of amides is 1. The third-order valence-corrected chi connectivity index (χ3v) is 4.07. The molecule has 8 nitrogen and oxygen atoms in total. The van der Waals surface area contributed by atoms with Crippen molar-refractivity contribution in [1.29, 1.82) is 0 Å². The summed E-state index contributed by atoms with van der Waals surface area (Å²) in [7, 11) is 0. The van der Waals surface area contributed by atoms with Crippen LogP contribution in [0.2, 0.25) is 0 Å². The molecule has 1 amide bonds. The maximum absolute atomic E-state index is 12.3. The van der Waals surface area contributed by atoms with Crippen molar-refractivity contribution in [2.24, 2.45) is 0 Å². The van der Waals surface area contributed by atoms with E-state index in [-0.39, 0.29) is 18.2 Å². The second-order valence-electron chi connectivity index (χ2n) is 5.61. The zero-order valence-corrected chi connectivity index (χ0v) is 13.6. The largest absolute Gasteiger partial charge is 0.484 e. The van der Waals surface area contributed by atoms with E-state index in [1.165, 1.54) is 24.3 Å². The van der Waals surface area contributed by atoms with Crippen LogP contribution in [0.3, 0.4) is 0 Å². The summed E-state index contributed by atoms with van der Waals surface area (Å²) < 4.78 is 5.43. The quantitative estimate of drug-likeness (QED) is 0.607. The molecule has 25 heavy (non-hydrogen) atoms. The summed E-state index contributed by atoms with van der Waals surface area (Å²) in [5.74, 6) is 0.349. The number of benzene rings is 1. The van der Waals surface area contributed by atoms with Gasteiger partial charge in [-0.2, -0.15) is 0 Å². The lowest BCUT2D eigenvalue weighted by Crippen LogP contribution is -2.50. The van der Waals surface area contributed by atoms with Gasteiger partial charge < -0.3 is 14.5 Å². The molecular formula is C17H18N4O4. The molecule has 8 heteroatoms. The highest BCUT2D eigenvalue weighted by molar-refractivity contribution is 5.78. The summed E-state index contributed by atoms with van der Waals surface area (Å²) in [5, 5.41) is 10.6. The zero-order chi connectivity index (χ0) is 17.6. The number of nitro groups is 1. The van der Waals surface area contributed by atoms with E-state index < -0.39 is 4.92 Å². The van der Waals surface area contributed by atoms with Crippen LogP contribution < -0.4 is 9.64 Å². The van der Waals surface area contributed by atoms with Crippen LogP contribution in [0.15, 0.2) is 48.8 Å². The maximum Gasteiger partial charge on any atom is 0.269 e. The molecule has 1 aromatic carbocycles. The lowest BCUT2D eigenvalue weighted by Gasteiger charge is -2.36. The first-order valence-corrected chi connectivity index (χ1v) is 7.93. The topological polar surface area (TPSA) is 88.8 Å². The first kappa shape index (κ1) is 16.7. The molecule has 0 atom stereocenters. The number of ether oxygens (including phenoxy) is 1. The Hall–Kier alpha value is -3.16. The van der Waals surface area contributed by atoms with Gasteiger partial charge in [0.1, 0.15) is 5.75 Å². The molecule has 130 valence electrons. The van der Waals surface area contributed by atoms with Gasteiger partial charge in [-0.1, -0.05) is 0 Å². The molecule has 1 saturated heterocycles. The van der Waals surface area contributed by atoms with E-state index in [4.69, 9.17) is 4.74 Å². The molecule has 0 unspecified atom stereocenters. The summed E-state index contributed by atoms with van der Waals surface area (Å²) in [6.45, 7) is 2.70. The van der Waals surface area contributed by atoms with Crippen LogP contribution in [0.4, 0.5) is 11.4 Å². The van der Waals surface area contributed by atoms with E-state index in [0.29, 0.717) is 18.8 Å². The van der Waals surface area contributed by atoms with Crippen molar-refractivity contribution in [2.75, 3.05) is 37.7 Å². The predicted molar refractivity (Wildman–Crippen MR) is 91.6 cm³/mol. The lowest BCUT2D eigenvalue weighted by atomic mass is 10.2. The second-order valence-corrected chi connectivity index (χ2v) is 5.61. The van der Waals surface area contributed by atoms with Crippen LogP contribution in [0.25, 0.3) is 0 Å². The SMILES string of the molecule is O=C(COc1ccc([N+](=O)[O-])cc1)N1CCN(c2ccncc2)CC1. The van der Waals surface area contributed by atoms with Crippen LogP contribution in [-0.4, -0.2) is 53.5 Å². The van der Waals surface area contributed by atoms with Gasteiger partial charge in [0.15, 0.2) is 6.61 Å². The van der Waals surface area contributed by atoms with Gasteiger partial charge in [0.05, 0.1) is 4.92 Å². The van der Waals surface area contributed by atoms with Gasteiger partial charge in [-0.05, 0) is 24.3 Å². The number of non-ortho nitro benzene ring substituents is 1. The van der Waals surface area contributed by atoms with Crippen molar-refractivity contribution in [1.82, 2.24) is 9.88 Å². The average molecular weight is 342 g/mol. The third-order valence-electron chi connectivity index (χ3n) is 4.07. The molecule has 0 bridgehead atoms. The standard InChI is InChI=1S/C17H18N4O4/c22-17(13-25-16-3-1-15(2-4-16)21(23)24)20-11-9-19(10-12-20)14-5-7-18-8-6-14/h1-8H,9-13H2. The monoisotopic (exact) mass is 342 g/mol. The number of pyridine rings is 1. The minimum Gasteiger partial charge on any atom is -0.484 e. The minimum absolute atomic E-state index is 0.00842. The fourth-order valence-corrected chi connectivity index (χ4v) is 2.67. The number of carbonyl (C=O) groups is 1. The average Bonchev–Trinajstić information content (AvgIpc) is 2.67. The van der Waals surface area contributed by atoms with Crippen LogP contribution in [-0.2, 0) is 4.79 Å². The lowest BCUT2D eigenvalue weighted by molar-refractivity contribution is -0.384. The van der Waals surface area contributed by atoms with Crippen molar-refractivity contribution in [2.45, 2.75) is 0 Å². The summed E-state index contributed by atoms with van der Waals surface area (Å²) in [6.07, 6.45) is 3.51. The fraction of sp³-hybridized carbons (Fsp3) is 0.294. The van der Waals surface area contributed by atoms with Crippen molar-refractivity contribution in [3.63, 3.8) is 0 Å². The molecule has 1 aliphatic rings. The predicted octanol–water partition coefficient (Wildman–Crippen LogP) is 1.72. The number of nitro benzene ring substituents is 1. The molecule has 1 aromatic heterocycles. The van der Waals surface area contributed by atoms with Crippen LogP contribution in [0.1, 0.15) is 0 Å². The van der Waals surface area contributed by atoms with E-state index in [0.717, 1.165) is 18.8 Å². The molecule has 0 aliphatic carbocycles. The number of piperazine rings is 1. The van der Waals surface area contributed by atoms with Gasteiger partial charge in [-0.3, -0.25) is 19.9 Å². The Morgan fingerprint density at radius 3 is 2.32 bits per heavy atom. The van der Waals surface area contributed by atoms with Gasteiger partial charge in [0, 0.05) is 56.4 Å². The third kappa shape index (κ3) is 4.23. The van der Waals surface area contributed by atoms with E-state index >= 15 is 0 Å². The van der Waals surface area contributed by atoms with Gasteiger partial charge in [0.25, 0.3) is 11.6 Å². The van der Waals surface area contributed by atoms with Crippen LogP contribution in [0, 0.1) is 10.1 Å². The van der Waals surface area contributed by atoms with E-state index in [2.05, 4.69) is 9.88 Å². The minimum atomic E-state index is -0.475. The van der Waals surface area contributed by atoms with Crippen molar-refractivity contribution in [3.8, 4) is 5.75 Å². The van der Waals surface area contributed by atoms with Gasteiger partial charge >= 0.3 is 0 Å². The molecule has 0 N–H and O–H groups in total. The van der Waals surface area contributed by atoms with E-state index in [1.54, 1.807) is 17.3 Å². The van der Waals surface area contributed by atoms with Gasteiger partial charge in [0.2, 0.25) is 0 Å². The molecule has 2 aromatic rings. The van der Waals surface area contributed by atoms with Crippen LogP contribution in [0.5, 0.6) is 5.75 Å². The molecule has 0 radical (unpaired) electrons. The number of nitrogens with zero attached hydrogens (tertiary/aromatic N) is 4. The Labute approximate surface area is 144 Å². The summed E-state index contributed by atoms with van der Waals surface area (Å²) in [5.41, 5.74) is 1.09. The van der Waals surface area contributed by atoms with E-state index in [1.807, 2.05) is 12.1 Å². The highest BCUT2D eigenvalue weighted by atomic mass is 16.6. The molecule has 0 spiro atoms. The van der Waals surface area contributed by atoms with E-state index in [9.17, 15) is 14.9 Å². The Morgan fingerprint density at radius 2 is 1.72 bits per heavy atom. The summed E-state index contributed by atoms with van der Waals surface area (Å²) >= 11 is 0. The number of carbonyl (C=O) groups excluding carboxylic acids is 1. The Bertz CT molecular complexity index is 728. The number of aromatic nitrogens is 1. The Morgan fingerprint density at radius 1 is 1.08 bits per heavy atom. The molecule has 1 aliphatic heterocycles. The van der Waals surface area contributed by atoms with Crippen molar-refractivity contribution in [3.05, 3.63) is 58.9 Å². The highest BCUT2D eigenvalue weighted by Crippen LogP contribution is 2.18. The first-order valence-electron chi connectivity index (χ1n) is 7.93. The number of hydrogen-bond acceptors (Lipinski definition) is 6. The Balaban J connectivity index is 1.47. The highest BCUT2D eigenvalue weighted by Gasteiger charge is 2.21. The zero-order valence-electron chi connectivity index (χ0n) is 13.6. The molecular weight excluding hydrogens is 324 g/mol. The van der Waals surface area contributed by atoms with Gasteiger partial charge in [-0.15, -0.1) is 0 Å². The number of rotatable bonds is 5. The fourth-order valence-electron chi connectivity index (χ4n) is 2.67. The first-order chi connectivity index (χ1) is 12.1. The van der Waals surface area contributed by atoms with Crippen molar-refractivity contribution < 1.29 is 14.5 Å².